The first-order valence-electron chi connectivity index (χ1n) is 8.89. The Bertz CT molecular complexity index is 1150. The van der Waals surface area contributed by atoms with Crippen LogP contribution in [0.2, 0.25) is 0 Å². The van der Waals surface area contributed by atoms with Crippen LogP contribution < -0.4 is 11.1 Å². The smallest absolute Gasteiger partial charge is 0.341 e. The lowest BCUT2D eigenvalue weighted by Gasteiger charge is -2.07. The summed E-state index contributed by atoms with van der Waals surface area (Å²) in [4.78, 5) is 36.5. The van der Waals surface area contributed by atoms with Crippen LogP contribution in [0.1, 0.15) is 32.5 Å². The van der Waals surface area contributed by atoms with Crippen LogP contribution in [0.3, 0.4) is 0 Å². The van der Waals surface area contributed by atoms with Crippen molar-refractivity contribution in [1.29, 1.82) is 0 Å². The average Bonchev–Trinajstić information content (AvgIpc) is 3.42. The molecule has 0 aromatic carbocycles. The van der Waals surface area contributed by atoms with Gasteiger partial charge in [-0.15, -0.1) is 21.5 Å². The second-order valence-corrected chi connectivity index (χ2v) is 8.85. The molecule has 3 rings (SSSR count). The number of halogens is 1. The largest absolute Gasteiger partial charge is 0.465 e. The molecule has 10 nitrogen and oxygen atoms in total. The number of carbonyl (C=O) groups excluding carboxylic acids is 3. The molecule has 3 heterocycles. The normalized spacial score (nSPS) is 10.8. The molecule has 0 aliphatic heterocycles. The second kappa shape index (κ2) is 9.66. The van der Waals surface area contributed by atoms with Gasteiger partial charge in [0.15, 0.2) is 15.6 Å². The Morgan fingerprint density at radius 2 is 2.10 bits per heavy atom. The zero-order valence-electron chi connectivity index (χ0n) is 16.7. The number of furan rings is 1. The van der Waals surface area contributed by atoms with Gasteiger partial charge in [0.25, 0.3) is 5.91 Å². The number of hydrogen-bond acceptors (Lipinski definition) is 9. The highest BCUT2D eigenvalue weighted by Gasteiger charge is 2.25. The summed E-state index contributed by atoms with van der Waals surface area (Å²) >= 11 is 5.37. The molecule has 2 amide bonds. The Labute approximate surface area is 193 Å². The van der Waals surface area contributed by atoms with Crippen LogP contribution in [0.25, 0.3) is 11.6 Å². The molecule has 0 aliphatic rings. The van der Waals surface area contributed by atoms with E-state index in [0.717, 1.165) is 11.3 Å². The number of esters is 1. The standard InChI is InChI=1S/C18H18BrN5O5S2/c1-4-24-15(9-5-6-10(19)29-9)22-23-18(24)30-7-11(25)21-16-12(17(27)28-3)8(2)13(31-16)14(20)26/h5-6H,4,7H2,1-3H3,(H2,20,26)(H,21,25). The van der Waals surface area contributed by atoms with E-state index in [1.165, 1.54) is 18.9 Å². The van der Waals surface area contributed by atoms with Crippen molar-refractivity contribution >= 4 is 61.8 Å². The summed E-state index contributed by atoms with van der Waals surface area (Å²) in [6.45, 7) is 4.08. The predicted octanol–water partition coefficient (Wildman–Crippen LogP) is 3.31. The summed E-state index contributed by atoms with van der Waals surface area (Å²) in [6.07, 6.45) is 0. The maximum Gasteiger partial charge on any atom is 0.341 e. The van der Waals surface area contributed by atoms with Gasteiger partial charge in [-0.3, -0.25) is 14.2 Å². The van der Waals surface area contributed by atoms with Crippen LogP contribution >= 0.6 is 39.0 Å². The van der Waals surface area contributed by atoms with Crippen molar-refractivity contribution in [2.45, 2.75) is 25.5 Å². The highest BCUT2D eigenvalue weighted by molar-refractivity contribution is 9.10. The molecule has 0 bridgehead atoms. The van der Waals surface area contributed by atoms with Gasteiger partial charge in [-0.25, -0.2) is 4.79 Å². The van der Waals surface area contributed by atoms with Crippen molar-refractivity contribution in [3.8, 4) is 11.6 Å². The third kappa shape index (κ3) is 4.83. The predicted molar refractivity (Wildman–Crippen MR) is 119 cm³/mol. The fraction of sp³-hybridized carbons (Fsp3) is 0.278. The monoisotopic (exact) mass is 527 g/mol. The lowest BCUT2D eigenvalue weighted by Crippen LogP contribution is -2.16. The Kier molecular flexibility index (Phi) is 7.18. The van der Waals surface area contributed by atoms with Gasteiger partial charge in [-0.2, -0.15) is 0 Å². The zero-order valence-corrected chi connectivity index (χ0v) is 19.9. The molecule has 0 saturated heterocycles. The number of ether oxygens (including phenoxy) is 1. The Morgan fingerprint density at radius 3 is 2.68 bits per heavy atom. The molecule has 0 aliphatic carbocycles. The van der Waals surface area contributed by atoms with Crippen LogP contribution in [0.15, 0.2) is 26.4 Å². The summed E-state index contributed by atoms with van der Waals surface area (Å²) in [5.74, 6) is -0.638. The van der Waals surface area contributed by atoms with Crippen molar-refractivity contribution in [3.05, 3.63) is 32.8 Å². The van der Waals surface area contributed by atoms with Gasteiger partial charge >= 0.3 is 5.97 Å². The summed E-state index contributed by atoms with van der Waals surface area (Å²) in [6, 6.07) is 3.53. The summed E-state index contributed by atoms with van der Waals surface area (Å²) in [7, 11) is 1.22. The molecular formula is C18H18BrN5O5S2. The number of methoxy groups -OCH3 is 1. The molecule has 0 spiro atoms. The number of rotatable bonds is 8. The molecule has 0 unspecified atom stereocenters. The lowest BCUT2D eigenvalue weighted by atomic mass is 10.1. The summed E-state index contributed by atoms with van der Waals surface area (Å²) in [5.41, 5.74) is 5.84. The topological polar surface area (TPSA) is 142 Å². The highest BCUT2D eigenvalue weighted by atomic mass is 79.9. The summed E-state index contributed by atoms with van der Waals surface area (Å²) < 4.78 is 12.7. The van der Waals surface area contributed by atoms with Gasteiger partial charge in [-0.05, 0) is 47.5 Å². The first-order valence-corrected chi connectivity index (χ1v) is 11.5. The molecule has 3 N–H and O–H groups in total. The van der Waals surface area contributed by atoms with Gasteiger partial charge in [0, 0.05) is 6.54 Å². The molecule has 164 valence electrons. The van der Waals surface area contributed by atoms with Crippen molar-refractivity contribution in [3.63, 3.8) is 0 Å². The molecule has 0 saturated carbocycles. The lowest BCUT2D eigenvalue weighted by molar-refractivity contribution is -0.113. The van der Waals surface area contributed by atoms with Crippen LogP contribution in [-0.2, 0) is 16.1 Å². The maximum absolute atomic E-state index is 12.5. The first kappa shape index (κ1) is 23.0. The minimum atomic E-state index is -0.685. The van der Waals surface area contributed by atoms with Gasteiger partial charge in [-0.1, -0.05) is 11.8 Å². The fourth-order valence-electron chi connectivity index (χ4n) is 2.77. The van der Waals surface area contributed by atoms with Crippen molar-refractivity contribution in [1.82, 2.24) is 14.8 Å². The van der Waals surface area contributed by atoms with Crippen LogP contribution in [-0.4, -0.2) is 45.4 Å². The quantitative estimate of drug-likeness (QED) is 0.335. The molecule has 3 aromatic rings. The number of nitrogens with zero attached hydrogens (tertiary/aromatic N) is 3. The van der Waals surface area contributed by atoms with Gasteiger partial charge < -0.3 is 20.2 Å². The number of aromatic nitrogens is 3. The molecule has 31 heavy (non-hydrogen) atoms. The molecule has 13 heteroatoms. The van der Waals surface area contributed by atoms with E-state index in [-0.39, 0.29) is 27.1 Å². The van der Waals surface area contributed by atoms with Gasteiger partial charge in [0.1, 0.15) is 5.00 Å². The number of hydrogen-bond donors (Lipinski definition) is 2. The van der Waals surface area contributed by atoms with Gasteiger partial charge in [0.05, 0.1) is 23.3 Å². The number of carbonyl (C=O) groups is 3. The number of amides is 2. The number of nitrogens with two attached hydrogens (primary N) is 1. The number of nitrogens with one attached hydrogen (secondary N) is 1. The minimum absolute atomic E-state index is 0.00342. The molecular weight excluding hydrogens is 510 g/mol. The molecule has 0 radical (unpaired) electrons. The molecule has 3 aromatic heterocycles. The highest BCUT2D eigenvalue weighted by Crippen LogP contribution is 2.34. The van der Waals surface area contributed by atoms with E-state index < -0.39 is 11.9 Å². The van der Waals surface area contributed by atoms with E-state index in [9.17, 15) is 14.4 Å². The Balaban J connectivity index is 1.76. The fourth-order valence-corrected chi connectivity index (χ4v) is 4.95. The van der Waals surface area contributed by atoms with E-state index in [1.807, 2.05) is 11.5 Å². The zero-order chi connectivity index (χ0) is 22.7. The maximum atomic E-state index is 12.5. The number of primary amides is 1. The van der Waals surface area contributed by atoms with Crippen LogP contribution in [0, 0.1) is 6.92 Å². The Morgan fingerprint density at radius 1 is 1.35 bits per heavy atom. The summed E-state index contributed by atoms with van der Waals surface area (Å²) in [5, 5.41) is 11.7. The minimum Gasteiger partial charge on any atom is -0.465 e. The van der Waals surface area contributed by atoms with Crippen LogP contribution in [0.5, 0.6) is 0 Å². The average molecular weight is 528 g/mol. The number of thioether (sulfide) groups is 1. The van der Waals surface area contributed by atoms with Crippen LogP contribution in [0.4, 0.5) is 5.00 Å². The number of thiophene rings is 1. The van der Waals surface area contributed by atoms with E-state index >= 15 is 0 Å². The third-order valence-electron chi connectivity index (χ3n) is 4.17. The third-order valence-corrected chi connectivity index (χ3v) is 6.79. The van der Waals surface area contributed by atoms with E-state index in [0.29, 0.717) is 33.5 Å². The SMILES string of the molecule is CCn1c(SCC(=O)Nc2sc(C(N)=O)c(C)c2C(=O)OC)nnc1-c1ccc(Br)o1. The Hall–Kier alpha value is -2.64. The van der Waals surface area contributed by atoms with Crippen molar-refractivity contribution < 1.29 is 23.5 Å². The molecule has 0 fully saturated rings. The van der Waals surface area contributed by atoms with Crippen molar-refractivity contribution in [2.24, 2.45) is 5.73 Å². The molecule has 0 atom stereocenters. The van der Waals surface area contributed by atoms with E-state index in [2.05, 4.69) is 31.4 Å². The number of anilines is 1. The van der Waals surface area contributed by atoms with E-state index in [4.69, 9.17) is 14.9 Å². The van der Waals surface area contributed by atoms with Gasteiger partial charge in [0.2, 0.25) is 11.7 Å². The van der Waals surface area contributed by atoms with E-state index in [1.54, 1.807) is 19.1 Å². The first-order chi connectivity index (χ1) is 14.8. The van der Waals surface area contributed by atoms with Crippen molar-refractivity contribution in [2.75, 3.05) is 18.2 Å². The second-order valence-electron chi connectivity index (χ2n) is 6.11.